The van der Waals surface area contributed by atoms with Crippen molar-refractivity contribution in [2.75, 3.05) is 0 Å². The van der Waals surface area contributed by atoms with E-state index in [2.05, 4.69) is 32.9 Å². The van der Waals surface area contributed by atoms with Gasteiger partial charge >= 0.3 is 0 Å². The van der Waals surface area contributed by atoms with Crippen LogP contribution >= 0.6 is 0 Å². The first-order valence-electron chi connectivity index (χ1n) is 7.26. The molecule has 0 aliphatic carbocycles. The van der Waals surface area contributed by atoms with Gasteiger partial charge in [-0.25, -0.2) is 4.21 Å². The standard InChI is InChI=1S/C18H26OS/c1-15(2)7-5-8-16(3)9-6-14-20(19)18-12-10-17(4)11-13-18/h6-7,10-14,16H,5,8-9H2,1-4H3/b14-6-. The minimum Gasteiger partial charge on any atom is -0.250 e. The van der Waals surface area contributed by atoms with E-state index in [1.807, 2.05) is 36.6 Å². The molecule has 0 saturated carbocycles. The molecule has 1 aromatic rings. The van der Waals surface area contributed by atoms with Crippen LogP contribution in [-0.4, -0.2) is 4.21 Å². The minimum absolute atomic E-state index is 0.636. The lowest BCUT2D eigenvalue weighted by Gasteiger charge is -2.06. The molecule has 1 nitrogen and oxygen atoms in total. The Morgan fingerprint density at radius 2 is 1.90 bits per heavy atom. The van der Waals surface area contributed by atoms with Gasteiger partial charge in [0.25, 0.3) is 0 Å². The van der Waals surface area contributed by atoms with E-state index in [9.17, 15) is 4.21 Å². The van der Waals surface area contributed by atoms with Crippen LogP contribution in [0.5, 0.6) is 0 Å². The quantitative estimate of drug-likeness (QED) is 0.615. The van der Waals surface area contributed by atoms with Gasteiger partial charge in [0.05, 0.1) is 10.8 Å². The predicted octanol–water partition coefficient (Wildman–Crippen LogP) is 5.39. The van der Waals surface area contributed by atoms with Gasteiger partial charge in [0.2, 0.25) is 0 Å². The van der Waals surface area contributed by atoms with Gasteiger partial charge < -0.3 is 0 Å². The summed E-state index contributed by atoms with van der Waals surface area (Å²) in [6, 6.07) is 7.88. The fourth-order valence-electron chi connectivity index (χ4n) is 1.90. The molecule has 0 amide bonds. The van der Waals surface area contributed by atoms with Crippen LogP contribution in [0.3, 0.4) is 0 Å². The molecule has 0 aliphatic rings. The molecule has 0 fully saturated rings. The Kier molecular flexibility index (Phi) is 7.53. The Morgan fingerprint density at radius 3 is 2.50 bits per heavy atom. The molecule has 0 heterocycles. The number of rotatable bonds is 7. The van der Waals surface area contributed by atoms with Crippen molar-refractivity contribution >= 4 is 10.8 Å². The minimum atomic E-state index is -1.01. The zero-order valence-electron chi connectivity index (χ0n) is 13.1. The van der Waals surface area contributed by atoms with Crippen molar-refractivity contribution in [1.29, 1.82) is 0 Å². The van der Waals surface area contributed by atoms with Gasteiger partial charge in [-0.1, -0.05) is 42.3 Å². The van der Waals surface area contributed by atoms with Gasteiger partial charge in [-0.15, -0.1) is 0 Å². The van der Waals surface area contributed by atoms with E-state index in [4.69, 9.17) is 0 Å². The molecule has 20 heavy (non-hydrogen) atoms. The maximum absolute atomic E-state index is 12.1. The molecule has 0 spiro atoms. The summed E-state index contributed by atoms with van der Waals surface area (Å²) in [5, 5.41) is 1.82. The van der Waals surface area contributed by atoms with Gasteiger partial charge in [-0.05, 0) is 58.1 Å². The van der Waals surface area contributed by atoms with Crippen molar-refractivity contribution < 1.29 is 4.21 Å². The van der Waals surface area contributed by atoms with Crippen LogP contribution in [0.1, 0.15) is 45.6 Å². The lowest BCUT2D eigenvalue weighted by atomic mass is 10.0. The number of hydrogen-bond donors (Lipinski definition) is 0. The second-order valence-electron chi connectivity index (χ2n) is 5.68. The summed E-state index contributed by atoms with van der Waals surface area (Å²) in [5.74, 6) is 0.636. The average molecular weight is 290 g/mol. The molecule has 0 aliphatic heterocycles. The molecule has 0 radical (unpaired) electrons. The lowest BCUT2D eigenvalue weighted by Crippen LogP contribution is -1.92. The van der Waals surface area contributed by atoms with Crippen LogP contribution in [0.4, 0.5) is 0 Å². The zero-order valence-corrected chi connectivity index (χ0v) is 13.9. The molecule has 0 aromatic heterocycles. The summed E-state index contributed by atoms with van der Waals surface area (Å²) in [4.78, 5) is 0.879. The van der Waals surface area contributed by atoms with E-state index in [1.165, 1.54) is 17.6 Å². The smallest absolute Gasteiger partial charge is 0.0772 e. The highest BCUT2D eigenvalue weighted by Gasteiger charge is 2.01. The van der Waals surface area contributed by atoms with Crippen molar-refractivity contribution in [1.82, 2.24) is 0 Å². The Morgan fingerprint density at radius 1 is 1.25 bits per heavy atom. The van der Waals surface area contributed by atoms with E-state index in [-0.39, 0.29) is 0 Å². The Hall–Kier alpha value is -1.15. The highest BCUT2D eigenvalue weighted by atomic mass is 32.2. The van der Waals surface area contributed by atoms with E-state index < -0.39 is 10.8 Å². The number of hydrogen-bond acceptors (Lipinski definition) is 1. The predicted molar refractivity (Wildman–Crippen MR) is 89.2 cm³/mol. The van der Waals surface area contributed by atoms with Crippen LogP contribution < -0.4 is 0 Å². The van der Waals surface area contributed by atoms with Crippen molar-refractivity contribution in [3.63, 3.8) is 0 Å². The van der Waals surface area contributed by atoms with E-state index >= 15 is 0 Å². The summed E-state index contributed by atoms with van der Waals surface area (Å²) in [7, 11) is -1.01. The topological polar surface area (TPSA) is 17.1 Å². The first-order valence-corrected chi connectivity index (χ1v) is 8.47. The SMILES string of the molecule is CC(C)=CCCC(C)C/C=C\S(=O)c1ccc(C)cc1. The van der Waals surface area contributed by atoms with Crippen LogP contribution in [-0.2, 0) is 10.8 Å². The van der Waals surface area contributed by atoms with Gasteiger partial charge in [-0.2, -0.15) is 0 Å². The first kappa shape index (κ1) is 16.9. The first-order chi connectivity index (χ1) is 9.49. The van der Waals surface area contributed by atoms with E-state index in [0.29, 0.717) is 5.92 Å². The highest BCUT2D eigenvalue weighted by Crippen LogP contribution is 2.14. The number of allylic oxidation sites excluding steroid dienone is 3. The Labute approximate surface area is 126 Å². The third kappa shape index (κ3) is 6.85. The largest absolute Gasteiger partial charge is 0.250 e. The summed E-state index contributed by atoms with van der Waals surface area (Å²) >= 11 is 0. The highest BCUT2D eigenvalue weighted by molar-refractivity contribution is 7.88. The van der Waals surface area contributed by atoms with Crippen molar-refractivity contribution in [2.24, 2.45) is 5.92 Å². The molecule has 1 rings (SSSR count). The van der Waals surface area contributed by atoms with Crippen LogP contribution in [0.2, 0.25) is 0 Å². The van der Waals surface area contributed by atoms with Gasteiger partial charge in [0.1, 0.15) is 0 Å². The molecule has 110 valence electrons. The molecule has 2 heteroatoms. The van der Waals surface area contributed by atoms with Gasteiger partial charge in [0, 0.05) is 10.3 Å². The molecule has 0 saturated heterocycles. The Bertz CT molecular complexity index is 479. The molecular weight excluding hydrogens is 264 g/mol. The summed E-state index contributed by atoms with van der Waals surface area (Å²) in [6.45, 7) is 8.55. The Balaban J connectivity index is 2.38. The summed E-state index contributed by atoms with van der Waals surface area (Å²) in [5.41, 5.74) is 2.58. The molecule has 2 atom stereocenters. The zero-order chi connectivity index (χ0) is 15.0. The lowest BCUT2D eigenvalue weighted by molar-refractivity contribution is 0.546. The second-order valence-corrected chi connectivity index (χ2v) is 7.02. The van der Waals surface area contributed by atoms with E-state index in [0.717, 1.165) is 17.7 Å². The molecule has 2 unspecified atom stereocenters. The molecule has 0 N–H and O–H groups in total. The van der Waals surface area contributed by atoms with Crippen molar-refractivity contribution in [3.8, 4) is 0 Å². The fourth-order valence-corrected chi connectivity index (χ4v) is 2.75. The third-order valence-electron chi connectivity index (χ3n) is 3.22. The van der Waals surface area contributed by atoms with Crippen molar-refractivity contribution in [3.05, 3.63) is 53.0 Å². The number of benzene rings is 1. The molecule has 1 aromatic carbocycles. The van der Waals surface area contributed by atoms with Crippen molar-refractivity contribution in [2.45, 2.75) is 51.9 Å². The van der Waals surface area contributed by atoms with Crippen LogP contribution in [0, 0.1) is 12.8 Å². The maximum atomic E-state index is 12.1. The van der Waals surface area contributed by atoms with Crippen LogP contribution in [0.15, 0.2) is 52.3 Å². The van der Waals surface area contributed by atoms with E-state index in [1.54, 1.807) is 0 Å². The second kappa shape index (κ2) is 8.91. The maximum Gasteiger partial charge on any atom is 0.0772 e. The fraction of sp³-hybridized carbons (Fsp3) is 0.444. The normalized spacial score (nSPS) is 14.2. The summed E-state index contributed by atoms with van der Waals surface area (Å²) < 4.78 is 12.1. The number of aryl methyl sites for hydroxylation is 1. The summed E-state index contributed by atoms with van der Waals surface area (Å²) in [6.07, 6.45) is 7.66. The molecular formula is C18H26OS. The van der Waals surface area contributed by atoms with Gasteiger partial charge in [0.15, 0.2) is 0 Å². The van der Waals surface area contributed by atoms with Gasteiger partial charge in [-0.3, -0.25) is 0 Å². The average Bonchev–Trinajstić information content (AvgIpc) is 2.39. The monoisotopic (exact) mass is 290 g/mol. The molecule has 0 bridgehead atoms. The third-order valence-corrected chi connectivity index (χ3v) is 4.40. The van der Waals surface area contributed by atoms with Crippen LogP contribution in [0.25, 0.3) is 0 Å².